The molecule has 0 saturated heterocycles. The van der Waals surface area contributed by atoms with Gasteiger partial charge in [0.15, 0.2) is 0 Å². The molecule has 7 heteroatoms. The summed E-state index contributed by atoms with van der Waals surface area (Å²) in [4.78, 5) is 0. The molecule has 0 saturated carbocycles. The van der Waals surface area contributed by atoms with Gasteiger partial charge in [-0.15, -0.1) is 0 Å². The van der Waals surface area contributed by atoms with E-state index in [4.69, 9.17) is 23.2 Å². The zero-order valence-electron chi connectivity index (χ0n) is 8.71. The van der Waals surface area contributed by atoms with E-state index in [1.807, 2.05) is 0 Å². The van der Waals surface area contributed by atoms with Gasteiger partial charge in [-0.25, -0.2) is 4.39 Å². The number of hydrogen-bond acceptors (Lipinski definition) is 1. The summed E-state index contributed by atoms with van der Waals surface area (Å²) >= 11 is 11.3. The maximum Gasteiger partial charge on any atom is 0.401 e. The quantitative estimate of drug-likeness (QED) is 0.644. The van der Waals surface area contributed by atoms with E-state index >= 15 is 0 Å². The van der Waals surface area contributed by atoms with Crippen LogP contribution >= 0.6 is 23.2 Å². The van der Waals surface area contributed by atoms with Crippen molar-refractivity contribution in [3.05, 3.63) is 33.6 Å². The summed E-state index contributed by atoms with van der Waals surface area (Å²) in [5.41, 5.74) is 0.234. The molecular weight excluding hydrogens is 281 g/mol. The molecule has 1 N–H and O–H groups in total. The van der Waals surface area contributed by atoms with Gasteiger partial charge in [0.25, 0.3) is 0 Å². The normalized spacial score (nSPS) is 13.8. The first-order valence-electron chi connectivity index (χ1n) is 4.65. The standard InChI is InChI=1S/C10H9Cl2F4N/c1-5(17-4-10(14,15)16)6-2-9(13)8(12)3-7(6)11/h2-3,5,17H,4H2,1H3. The number of hydrogen-bond donors (Lipinski definition) is 1. The SMILES string of the molecule is CC(NCC(F)(F)F)c1cc(F)c(Cl)cc1Cl. The number of benzene rings is 1. The molecule has 0 aromatic heterocycles. The van der Waals surface area contributed by atoms with Crippen molar-refractivity contribution in [2.45, 2.75) is 19.1 Å². The van der Waals surface area contributed by atoms with E-state index in [2.05, 4.69) is 5.32 Å². The van der Waals surface area contributed by atoms with Gasteiger partial charge in [-0.2, -0.15) is 13.2 Å². The molecule has 0 aliphatic rings. The fourth-order valence-electron chi connectivity index (χ4n) is 1.25. The van der Waals surface area contributed by atoms with Crippen LogP contribution in [0, 0.1) is 5.82 Å². The van der Waals surface area contributed by atoms with Crippen molar-refractivity contribution in [3.8, 4) is 0 Å². The minimum atomic E-state index is -4.33. The Morgan fingerprint density at radius 3 is 2.35 bits per heavy atom. The van der Waals surface area contributed by atoms with Gasteiger partial charge in [-0.3, -0.25) is 0 Å². The minimum absolute atomic E-state index is 0.124. The fourth-order valence-corrected chi connectivity index (χ4v) is 1.80. The zero-order valence-corrected chi connectivity index (χ0v) is 10.2. The van der Waals surface area contributed by atoms with Gasteiger partial charge in [0.05, 0.1) is 11.6 Å². The van der Waals surface area contributed by atoms with Crippen LogP contribution in [-0.4, -0.2) is 12.7 Å². The highest BCUT2D eigenvalue weighted by Crippen LogP contribution is 2.29. The molecule has 0 aliphatic carbocycles. The zero-order chi connectivity index (χ0) is 13.2. The van der Waals surface area contributed by atoms with E-state index in [1.54, 1.807) is 0 Å². The monoisotopic (exact) mass is 289 g/mol. The Kier molecular flexibility index (Phi) is 4.63. The van der Waals surface area contributed by atoms with Crippen LogP contribution in [0.15, 0.2) is 12.1 Å². The summed E-state index contributed by atoms with van der Waals surface area (Å²) in [5, 5.41) is 2.17. The van der Waals surface area contributed by atoms with Crippen LogP contribution in [0.2, 0.25) is 10.0 Å². The van der Waals surface area contributed by atoms with Gasteiger partial charge in [-0.05, 0) is 24.6 Å². The van der Waals surface area contributed by atoms with Crippen molar-refractivity contribution < 1.29 is 17.6 Å². The molecule has 0 radical (unpaired) electrons. The van der Waals surface area contributed by atoms with Crippen molar-refractivity contribution in [2.24, 2.45) is 0 Å². The summed E-state index contributed by atoms with van der Waals surface area (Å²) in [6, 6.07) is 1.47. The fraction of sp³-hybridized carbons (Fsp3) is 0.400. The average molecular weight is 290 g/mol. The van der Waals surface area contributed by atoms with Crippen molar-refractivity contribution in [1.82, 2.24) is 5.32 Å². The summed E-state index contributed by atoms with van der Waals surface area (Å²) in [5.74, 6) is -0.716. The summed E-state index contributed by atoms with van der Waals surface area (Å²) in [6.07, 6.45) is -4.33. The van der Waals surface area contributed by atoms with Crippen molar-refractivity contribution in [3.63, 3.8) is 0 Å². The number of halogens is 6. The van der Waals surface area contributed by atoms with E-state index in [9.17, 15) is 17.6 Å². The highest BCUT2D eigenvalue weighted by molar-refractivity contribution is 6.35. The van der Waals surface area contributed by atoms with Crippen LogP contribution in [0.3, 0.4) is 0 Å². The second kappa shape index (κ2) is 5.42. The van der Waals surface area contributed by atoms with Crippen LogP contribution in [0.25, 0.3) is 0 Å². The second-order valence-corrected chi connectivity index (χ2v) is 4.32. The third-order valence-electron chi connectivity index (χ3n) is 2.11. The highest BCUT2D eigenvalue weighted by Gasteiger charge is 2.28. The molecule has 1 aromatic rings. The topological polar surface area (TPSA) is 12.0 Å². The summed E-state index contributed by atoms with van der Waals surface area (Å²) in [7, 11) is 0. The largest absolute Gasteiger partial charge is 0.401 e. The molecule has 1 nitrogen and oxygen atoms in total. The summed E-state index contributed by atoms with van der Waals surface area (Å²) < 4.78 is 49.1. The number of alkyl halides is 3. The first-order chi connectivity index (χ1) is 7.70. The first kappa shape index (κ1) is 14.5. The van der Waals surface area contributed by atoms with Crippen LogP contribution in [0.4, 0.5) is 17.6 Å². The molecule has 1 aromatic carbocycles. The van der Waals surface area contributed by atoms with Gasteiger partial charge in [0.2, 0.25) is 0 Å². The molecule has 1 rings (SSSR count). The van der Waals surface area contributed by atoms with Crippen LogP contribution in [0.1, 0.15) is 18.5 Å². The van der Waals surface area contributed by atoms with Crippen LogP contribution in [-0.2, 0) is 0 Å². The van der Waals surface area contributed by atoms with Gasteiger partial charge < -0.3 is 5.32 Å². The van der Waals surface area contributed by atoms with Gasteiger partial charge in [0.1, 0.15) is 5.82 Å². The van der Waals surface area contributed by atoms with Crippen molar-refractivity contribution in [1.29, 1.82) is 0 Å². The van der Waals surface area contributed by atoms with Gasteiger partial charge >= 0.3 is 6.18 Å². The van der Waals surface area contributed by atoms with Crippen molar-refractivity contribution >= 4 is 23.2 Å². The molecule has 0 fully saturated rings. The Labute approximate surface area is 106 Å². The summed E-state index contributed by atoms with van der Waals surface area (Å²) in [6.45, 7) is 0.287. The molecule has 0 amide bonds. The van der Waals surface area contributed by atoms with Crippen molar-refractivity contribution in [2.75, 3.05) is 6.54 Å². The molecule has 0 heterocycles. The third kappa shape index (κ3) is 4.33. The molecular formula is C10H9Cl2F4N. The van der Waals surface area contributed by atoms with E-state index in [0.29, 0.717) is 0 Å². The minimum Gasteiger partial charge on any atom is -0.302 e. The average Bonchev–Trinajstić information content (AvgIpc) is 2.19. The van der Waals surface area contributed by atoms with E-state index in [0.717, 1.165) is 6.07 Å². The predicted octanol–water partition coefficient (Wildman–Crippen LogP) is 4.35. The Morgan fingerprint density at radius 1 is 1.24 bits per heavy atom. The Bertz CT molecular complexity index is 406. The predicted molar refractivity (Wildman–Crippen MR) is 58.9 cm³/mol. The lowest BCUT2D eigenvalue weighted by Gasteiger charge is -2.17. The Morgan fingerprint density at radius 2 is 1.82 bits per heavy atom. The molecule has 0 bridgehead atoms. The number of nitrogens with one attached hydrogen (secondary N) is 1. The number of rotatable bonds is 3. The second-order valence-electron chi connectivity index (χ2n) is 3.51. The van der Waals surface area contributed by atoms with E-state index < -0.39 is 24.6 Å². The molecule has 1 atom stereocenters. The Balaban J connectivity index is 2.82. The highest BCUT2D eigenvalue weighted by atomic mass is 35.5. The maximum atomic E-state index is 13.2. The molecule has 0 spiro atoms. The van der Waals surface area contributed by atoms with E-state index in [-0.39, 0.29) is 15.6 Å². The molecule has 17 heavy (non-hydrogen) atoms. The van der Waals surface area contributed by atoms with Crippen LogP contribution in [0.5, 0.6) is 0 Å². The molecule has 1 unspecified atom stereocenters. The molecule has 0 aliphatic heterocycles. The van der Waals surface area contributed by atoms with Crippen LogP contribution < -0.4 is 5.32 Å². The lowest BCUT2D eigenvalue weighted by Crippen LogP contribution is -2.31. The lowest BCUT2D eigenvalue weighted by molar-refractivity contribution is -0.126. The van der Waals surface area contributed by atoms with E-state index in [1.165, 1.54) is 13.0 Å². The Hall–Kier alpha value is -0.520. The van der Waals surface area contributed by atoms with Gasteiger partial charge in [-0.1, -0.05) is 23.2 Å². The van der Waals surface area contributed by atoms with Gasteiger partial charge in [0, 0.05) is 11.1 Å². The smallest absolute Gasteiger partial charge is 0.302 e. The lowest BCUT2D eigenvalue weighted by atomic mass is 10.1. The first-order valence-corrected chi connectivity index (χ1v) is 5.41. The third-order valence-corrected chi connectivity index (χ3v) is 2.73. The molecule has 96 valence electrons. The maximum absolute atomic E-state index is 13.2.